The highest BCUT2D eigenvalue weighted by atomic mass is 16.5. The minimum absolute atomic E-state index is 0.310. The van der Waals surface area contributed by atoms with Gasteiger partial charge in [0.15, 0.2) is 0 Å². The summed E-state index contributed by atoms with van der Waals surface area (Å²) in [7, 11) is 1.32. The van der Waals surface area contributed by atoms with E-state index in [2.05, 4.69) is 20.0 Å². The summed E-state index contributed by atoms with van der Waals surface area (Å²) < 4.78 is 4.46. The van der Waals surface area contributed by atoms with E-state index in [-0.39, 0.29) is 0 Å². The predicted octanol–water partition coefficient (Wildman–Crippen LogP) is 1.49. The van der Waals surface area contributed by atoms with Crippen LogP contribution in [0, 0.1) is 0 Å². The van der Waals surface area contributed by atoms with Gasteiger partial charge >= 0.3 is 6.09 Å². The molecule has 0 spiro atoms. The minimum atomic E-state index is -0.477. The summed E-state index contributed by atoms with van der Waals surface area (Å²) in [6, 6.07) is 7.57. The number of nitrogens with one attached hydrogen (secondary N) is 1. The number of carbonyl (C=O) groups is 1. The fourth-order valence-corrected chi connectivity index (χ4v) is 1.32. The Hall–Kier alpha value is -2.17. The van der Waals surface area contributed by atoms with E-state index in [0.717, 1.165) is 11.0 Å². The number of hydrogen-bond acceptors (Lipinski definition) is 4. The summed E-state index contributed by atoms with van der Waals surface area (Å²) in [5.74, 6) is 0. The lowest BCUT2D eigenvalue weighted by Crippen LogP contribution is -2.22. The summed E-state index contributed by atoms with van der Waals surface area (Å²) in [6.07, 6.45) is 1.16. The Morgan fingerprint density at radius 2 is 2.12 bits per heavy atom. The molecule has 1 aromatic carbocycles. The molecule has 82 valence electrons. The van der Waals surface area contributed by atoms with Crippen LogP contribution in [0.5, 0.6) is 0 Å². The molecule has 1 N–H and O–H groups in total. The number of rotatable bonds is 2. The van der Waals surface area contributed by atoms with Crippen molar-refractivity contribution in [1.29, 1.82) is 0 Å². The van der Waals surface area contributed by atoms with Gasteiger partial charge in [0.25, 0.3) is 0 Å². The van der Waals surface area contributed by atoms with E-state index in [1.165, 1.54) is 7.11 Å². The number of nitrogens with zero attached hydrogens (tertiary/aromatic N) is 2. The number of hydrogen-bond donors (Lipinski definition) is 1. The van der Waals surface area contributed by atoms with Crippen molar-refractivity contribution in [3.8, 4) is 0 Å². The van der Waals surface area contributed by atoms with Crippen LogP contribution in [0.2, 0.25) is 0 Å². The number of benzene rings is 1. The van der Waals surface area contributed by atoms with Gasteiger partial charge in [-0.05, 0) is 12.1 Å². The van der Waals surface area contributed by atoms with E-state index < -0.39 is 6.09 Å². The Morgan fingerprint density at radius 3 is 2.88 bits per heavy atom. The van der Waals surface area contributed by atoms with Crippen LogP contribution < -0.4 is 5.32 Å². The van der Waals surface area contributed by atoms with Gasteiger partial charge in [0.1, 0.15) is 0 Å². The predicted molar refractivity (Wildman–Crippen MR) is 58.8 cm³/mol. The Labute approximate surface area is 92.5 Å². The molecule has 5 nitrogen and oxygen atoms in total. The number of aromatic nitrogens is 2. The van der Waals surface area contributed by atoms with Crippen molar-refractivity contribution in [3.05, 3.63) is 36.2 Å². The molecule has 0 radical (unpaired) electrons. The Kier molecular flexibility index (Phi) is 2.95. The molecular formula is C11H11N3O2. The van der Waals surface area contributed by atoms with Crippen LogP contribution in [0.3, 0.4) is 0 Å². The molecule has 16 heavy (non-hydrogen) atoms. The maximum atomic E-state index is 10.9. The molecule has 2 rings (SSSR count). The monoisotopic (exact) mass is 217 g/mol. The molecule has 0 unspecified atom stereocenters. The van der Waals surface area contributed by atoms with Crippen molar-refractivity contribution in [1.82, 2.24) is 15.3 Å². The third-order valence-corrected chi connectivity index (χ3v) is 2.10. The van der Waals surface area contributed by atoms with Crippen LogP contribution in [0.25, 0.3) is 11.0 Å². The van der Waals surface area contributed by atoms with Gasteiger partial charge in [0, 0.05) is 0 Å². The van der Waals surface area contributed by atoms with Gasteiger partial charge in [-0.2, -0.15) is 0 Å². The van der Waals surface area contributed by atoms with Crippen molar-refractivity contribution in [3.63, 3.8) is 0 Å². The van der Waals surface area contributed by atoms with Crippen LogP contribution in [0.4, 0.5) is 4.79 Å². The Balaban J connectivity index is 2.16. The van der Waals surface area contributed by atoms with Gasteiger partial charge in [-0.15, -0.1) is 0 Å². The standard InChI is InChI=1S/C11H11N3O2/c1-16-11(15)13-7-8-6-12-9-4-2-3-5-10(9)14-8/h2-6H,7H2,1H3,(H,13,15). The van der Waals surface area contributed by atoms with E-state index in [9.17, 15) is 4.79 Å². The molecule has 0 aliphatic carbocycles. The van der Waals surface area contributed by atoms with Gasteiger partial charge in [-0.1, -0.05) is 12.1 Å². The molecule has 0 atom stereocenters. The summed E-state index contributed by atoms with van der Waals surface area (Å²) in [5.41, 5.74) is 2.35. The molecule has 0 saturated carbocycles. The van der Waals surface area contributed by atoms with Gasteiger partial charge < -0.3 is 10.1 Å². The molecule has 0 aliphatic rings. The van der Waals surface area contributed by atoms with Crippen LogP contribution in [0.1, 0.15) is 5.69 Å². The molecule has 1 heterocycles. The smallest absolute Gasteiger partial charge is 0.407 e. The number of methoxy groups -OCH3 is 1. The zero-order valence-corrected chi connectivity index (χ0v) is 8.80. The average Bonchev–Trinajstić information content (AvgIpc) is 2.35. The first kappa shape index (κ1) is 10.4. The van der Waals surface area contributed by atoms with Gasteiger partial charge in [0.2, 0.25) is 0 Å². The van der Waals surface area contributed by atoms with Crippen LogP contribution in [-0.4, -0.2) is 23.2 Å². The van der Waals surface area contributed by atoms with Gasteiger partial charge in [-0.3, -0.25) is 4.98 Å². The second kappa shape index (κ2) is 4.57. The first-order valence-electron chi connectivity index (χ1n) is 4.82. The first-order chi connectivity index (χ1) is 7.79. The lowest BCUT2D eigenvalue weighted by molar-refractivity contribution is 0.170. The molecular weight excluding hydrogens is 206 g/mol. The molecule has 1 aromatic heterocycles. The van der Waals surface area contributed by atoms with E-state index in [0.29, 0.717) is 12.2 Å². The van der Waals surface area contributed by atoms with Crippen molar-refractivity contribution in [2.45, 2.75) is 6.54 Å². The summed E-state index contributed by atoms with van der Waals surface area (Å²) >= 11 is 0. The quantitative estimate of drug-likeness (QED) is 0.827. The fourth-order valence-electron chi connectivity index (χ4n) is 1.32. The number of para-hydroxylation sites is 2. The highest BCUT2D eigenvalue weighted by Crippen LogP contribution is 2.08. The SMILES string of the molecule is COC(=O)NCc1cnc2ccccc2n1. The maximum Gasteiger partial charge on any atom is 0.407 e. The lowest BCUT2D eigenvalue weighted by atomic mass is 10.3. The number of carbonyl (C=O) groups excluding carboxylic acids is 1. The fraction of sp³-hybridized carbons (Fsp3) is 0.182. The van der Waals surface area contributed by atoms with Crippen molar-refractivity contribution < 1.29 is 9.53 Å². The topological polar surface area (TPSA) is 64.1 Å². The number of fused-ring (bicyclic) bond motifs is 1. The van der Waals surface area contributed by atoms with Crippen LogP contribution in [0.15, 0.2) is 30.5 Å². The molecule has 0 bridgehead atoms. The lowest BCUT2D eigenvalue weighted by Gasteiger charge is -2.03. The van der Waals surface area contributed by atoms with Gasteiger partial charge in [0.05, 0.1) is 36.6 Å². The second-order valence-corrected chi connectivity index (χ2v) is 3.20. The van der Waals surface area contributed by atoms with Gasteiger partial charge in [-0.25, -0.2) is 9.78 Å². The normalized spacial score (nSPS) is 10.1. The zero-order valence-electron chi connectivity index (χ0n) is 8.80. The Morgan fingerprint density at radius 1 is 1.38 bits per heavy atom. The maximum absolute atomic E-state index is 10.9. The van der Waals surface area contributed by atoms with E-state index in [1.807, 2.05) is 24.3 Å². The molecule has 5 heteroatoms. The summed E-state index contributed by atoms with van der Waals surface area (Å²) in [6.45, 7) is 0.310. The summed E-state index contributed by atoms with van der Waals surface area (Å²) in [4.78, 5) is 19.4. The molecule has 0 fully saturated rings. The van der Waals surface area contributed by atoms with Crippen molar-refractivity contribution >= 4 is 17.1 Å². The zero-order chi connectivity index (χ0) is 11.4. The van der Waals surface area contributed by atoms with Crippen molar-refractivity contribution in [2.24, 2.45) is 0 Å². The molecule has 1 amide bonds. The van der Waals surface area contributed by atoms with Crippen molar-refractivity contribution in [2.75, 3.05) is 7.11 Å². The first-order valence-corrected chi connectivity index (χ1v) is 4.82. The highest BCUT2D eigenvalue weighted by Gasteiger charge is 2.01. The van der Waals surface area contributed by atoms with Crippen LogP contribution >= 0.6 is 0 Å². The molecule has 0 aliphatic heterocycles. The third-order valence-electron chi connectivity index (χ3n) is 2.10. The van der Waals surface area contributed by atoms with Crippen LogP contribution in [-0.2, 0) is 11.3 Å². The second-order valence-electron chi connectivity index (χ2n) is 3.20. The highest BCUT2D eigenvalue weighted by molar-refractivity contribution is 5.73. The molecule has 2 aromatic rings. The summed E-state index contributed by atoms with van der Waals surface area (Å²) in [5, 5.41) is 2.55. The largest absolute Gasteiger partial charge is 0.453 e. The Bertz CT molecular complexity index is 513. The number of amides is 1. The third kappa shape index (κ3) is 2.25. The minimum Gasteiger partial charge on any atom is -0.453 e. The van der Waals surface area contributed by atoms with E-state index >= 15 is 0 Å². The number of alkyl carbamates (subject to hydrolysis) is 1. The van der Waals surface area contributed by atoms with E-state index in [4.69, 9.17) is 0 Å². The number of ether oxygens (including phenoxy) is 1. The van der Waals surface area contributed by atoms with E-state index in [1.54, 1.807) is 6.20 Å². The molecule has 0 saturated heterocycles. The average molecular weight is 217 g/mol.